The number of methoxy groups -OCH3 is 1. The van der Waals surface area contributed by atoms with Gasteiger partial charge in [0.1, 0.15) is 0 Å². The molecule has 0 saturated heterocycles. The topological polar surface area (TPSA) is 192 Å². The van der Waals surface area contributed by atoms with Gasteiger partial charge in [-0.15, -0.1) is 0 Å². The summed E-state index contributed by atoms with van der Waals surface area (Å²) in [6.45, 7) is 14.5. The standard InChI is InChI=1S/C53H104N8O7/c1-8-14-18-20-22-24-26-28-34-57(50(64)42-59(36-32-54)49(63)38-56-33-37-68-7)44-53(67)61(40-47(13-6)31-17-11-4)45-51(65)58(35-29-27-25-23-21-19-15-9-2)43-52(66)60(41-48(55)62)39-46(12-5)30-16-10-3/h46-47,56H,8-45,54H2,1-7H3,(H2,55,62). The van der Waals surface area contributed by atoms with Crippen molar-refractivity contribution in [3.63, 3.8) is 0 Å². The summed E-state index contributed by atoms with van der Waals surface area (Å²) in [5.41, 5.74) is 11.6. The number of unbranched alkanes of at least 4 members (excludes halogenated alkanes) is 16. The van der Waals surface area contributed by atoms with Gasteiger partial charge in [-0.25, -0.2) is 0 Å². The number of ether oxygens (including phenoxy) is 1. The fourth-order valence-corrected chi connectivity index (χ4v) is 8.59. The predicted octanol–water partition coefficient (Wildman–Crippen LogP) is 7.52. The van der Waals surface area contributed by atoms with Crippen molar-refractivity contribution in [2.45, 2.75) is 196 Å². The lowest BCUT2D eigenvalue weighted by molar-refractivity contribution is -0.148. The molecular weight excluding hydrogens is 861 g/mol. The van der Waals surface area contributed by atoms with Crippen LogP contribution in [0, 0.1) is 11.8 Å². The molecule has 0 heterocycles. The van der Waals surface area contributed by atoms with Crippen LogP contribution in [-0.2, 0) is 33.5 Å². The van der Waals surface area contributed by atoms with Crippen molar-refractivity contribution >= 4 is 35.4 Å². The normalized spacial score (nSPS) is 12.1. The van der Waals surface area contributed by atoms with E-state index in [4.69, 9.17) is 16.2 Å². The molecule has 6 amide bonds. The first-order chi connectivity index (χ1) is 32.8. The second kappa shape index (κ2) is 43.7. The van der Waals surface area contributed by atoms with Crippen LogP contribution in [0.25, 0.3) is 0 Å². The van der Waals surface area contributed by atoms with E-state index in [2.05, 4.69) is 46.9 Å². The van der Waals surface area contributed by atoms with Crippen LogP contribution in [0.15, 0.2) is 0 Å². The Kier molecular flexibility index (Phi) is 41.6. The molecule has 0 saturated carbocycles. The fourth-order valence-electron chi connectivity index (χ4n) is 8.59. The number of hydrogen-bond donors (Lipinski definition) is 3. The van der Waals surface area contributed by atoms with E-state index in [1.54, 1.807) is 21.8 Å². The maximum atomic E-state index is 14.7. The molecule has 0 spiro atoms. The van der Waals surface area contributed by atoms with E-state index in [0.29, 0.717) is 52.2 Å². The third kappa shape index (κ3) is 32.5. The highest BCUT2D eigenvalue weighted by atomic mass is 16.5. The molecule has 0 aromatic carbocycles. The van der Waals surface area contributed by atoms with Crippen molar-refractivity contribution in [1.82, 2.24) is 29.8 Å². The number of nitrogens with one attached hydrogen (secondary N) is 1. The summed E-state index contributed by atoms with van der Waals surface area (Å²) in [4.78, 5) is 91.1. The van der Waals surface area contributed by atoms with Gasteiger partial charge in [0.2, 0.25) is 35.4 Å². The average Bonchev–Trinajstić information content (AvgIpc) is 3.32. The number of nitrogens with two attached hydrogens (primary N) is 2. The lowest BCUT2D eigenvalue weighted by Gasteiger charge is -2.33. The van der Waals surface area contributed by atoms with Gasteiger partial charge >= 0.3 is 0 Å². The predicted molar refractivity (Wildman–Crippen MR) is 278 cm³/mol. The van der Waals surface area contributed by atoms with Crippen molar-refractivity contribution in [2.75, 3.05) is 98.8 Å². The summed E-state index contributed by atoms with van der Waals surface area (Å²) >= 11 is 0. The molecule has 0 fully saturated rings. The van der Waals surface area contributed by atoms with Gasteiger partial charge in [0, 0.05) is 52.9 Å². The minimum atomic E-state index is -0.598. The zero-order valence-electron chi connectivity index (χ0n) is 44.8. The molecule has 5 N–H and O–H groups in total. The maximum absolute atomic E-state index is 14.7. The van der Waals surface area contributed by atoms with Gasteiger partial charge in [0.25, 0.3) is 0 Å². The summed E-state index contributed by atoms with van der Waals surface area (Å²) < 4.78 is 5.10. The van der Waals surface area contributed by atoms with Crippen LogP contribution in [0.3, 0.4) is 0 Å². The van der Waals surface area contributed by atoms with Crippen molar-refractivity contribution in [1.29, 1.82) is 0 Å². The lowest BCUT2D eigenvalue weighted by Crippen LogP contribution is -2.53. The molecule has 0 radical (unpaired) electrons. The number of carbonyl (C=O) groups excluding carboxylic acids is 6. The molecule has 15 nitrogen and oxygen atoms in total. The second-order valence-electron chi connectivity index (χ2n) is 19.2. The quantitative estimate of drug-likeness (QED) is 0.0518. The lowest BCUT2D eigenvalue weighted by atomic mass is 9.98. The molecular formula is C53H104N8O7. The van der Waals surface area contributed by atoms with Gasteiger partial charge in [0.05, 0.1) is 45.9 Å². The number of carbonyl (C=O) groups is 6. The van der Waals surface area contributed by atoms with Gasteiger partial charge in [-0.05, 0) is 37.5 Å². The molecule has 2 atom stereocenters. The minimum Gasteiger partial charge on any atom is -0.383 e. The number of amides is 6. The molecule has 68 heavy (non-hydrogen) atoms. The average molecular weight is 965 g/mol. The Morgan fingerprint density at radius 1 is 0.456 bits per heavy atom. The van der Waals surface area contributed by atoms with E-state index >= 15 is 0 Å². The Hall–Kier alpha value is -3.30. The number of rotatable bonds is 47. The smallest absolute Gasteiger partial charge is 0.242 e. The third-order valence-electron chi connectivity index (χ3n) is 13.2. The van der Waals surface area contributed by atoms with Gasteiger partial charge in [-0.3, -0.25) is 28.8 Å². The van der Waals surface area contributed by atoms with Crippen LogP contribution in [0.4, 0.5) is 0 Å². The van der Waals surface area contributed by atoms with Crippen LogP contribution in [-0.4, -0.2) is 159 Å². The Morgan fingerprint density at radius 3 is 1.18 bits per heavy atom. The highest BCUT2D eigenvalue weighted by Crippen LogP contribution is 2.18. The van der Waals surface area contributed by atoms with Crippen molar-refractivity contribution in [3.05, 3.63) is 0 Å². The van der Waals surface area contributed by atoms with Crippen LogP contribution in [0.1, 0.15) is 196 Å². The molecule has 398 valence electrons. The number of primary amides is 1. The monoisotopic (exact) mass is 965 g/mol. The van der Waals surface area contributed by atoms with E-state index in [1.807, 2.05) is 0 Å². The summed E-state index contributed by atoms with van der Waals surface area (Å²) in [5, 5.41) is 3.06. The number of hydrogen-bond acceptors (Lipinski definition) is 9. The van der Waals surface area contributed by atoms with Crippen LogP contribution in [0.2, 0.25) is 0 Å². The molecule has 0 aromatic rings. The summed E-state index contributed by atoms with van der Waals surface area (Å²) in [5.74, 6) is -1.87. The van der Waals surface area contributed by atoms with Crippen LogP contribution < -0.4 is 16.8 Å². The van der Waals surface area contributed by atoms with Crippen LogP contribution >= 0.6 is 0 Å². The van der Waals surface area contributed by atoms with Crippen LogP contribution in [0.5, 0.6) is 0 Å². The summed E-state index contributed by atoms with van der Waals surface area (Å²) in [7, 11) is 1.59. The highest BCUT2D eigenvalue weighted by molar-refractivity contribution is 5.92. The Bertz CT molecular complexity index is 1320. The van der Waals surface area contributed by atoms with Crippen molar-refractivity contribution < 1.29 is 33.5 Å². The van der Waals surface area contributed by atoms with Gasteiger partial charge < -0.3 is 46.0 Å². The van der Waals surface area contributed by atoms with E-state index in [9.17, 15) is 28.8 Å². The van der Waals surface area contributed by atoms with E-state index in [0.717, 1.165) is 89.9 Å². The van der Waals surface area contributed by atoms with E-state index in [-0.39, 0.29) is 93.7 Å². The first-order valence-electron chi connectivity index (χ1n) is 27.4. The zero-order valence-corrected chi connectivity index (χ0v) is 44.8. The van der Waals surface area contributed by atoms with Gasteiger partial charge in [0.15, 0.2) is 0 Å². The maximum Gasteiger partial charge on any atom is 0.242 e. The summed E-state index contributed by atoms with van der Waals surface area (Å²) in [6.07, 6.45) is 24.6. The fraction of sp³-hybridized carbons (Fsp3) is 0.887. The Labute approximate surface area is 415 Å². The largest absolute Gasteiger partial charge is 0.383 e. The van der Waals surface area contributed by atoms with Crippen molar-refractivity contribution in [3.8, 4) is 0 Å². The summed E-state index contributed by atoms with van der Waals surface area (Å²) in [6, 6.07) is 0. The SMILES string of the molecule is CCCCCCCCCCN(CC(=O)N(CC(=O)N(CCCCCCCCCC)CC(=O)N(CC(N)=O)CC(CC)CCCC)CC(CC)CCCC)C(=O)CN(CCN)C(=O)CNCCOC. The third-order valence-corrected chi connectivity index (χ3v) is 13.2. The molecule has 15 heteroatoms. The molecule has 2 unspecified atom stereocenters. The van der Waals surface area contributed by atoms with E-state index in [1.165, 1.54) is 61.2 Å². The second-order valence-corrected chi connectivity index (χ2v) is 19.2. The van der Waals surface area contributed by atoms with Gasteiger partial charge in [-0.2, -0.15) is 0 Å². The molecule has 0 aliphatic heterocycles. The first kappa shape index (κ1) is 64.7. The Balaban J connectivity index is 6.79. The van der Waals surface area contributed by atoms with Gasteiger partial charge in [-0.1, -0.05) is 170 Å². The zero-order chi connectivity index (χ0) is 50.8. The first-order valence-corrected chi connectivity index (χ1v) is 27.4. The van der Waals surface area contributed by atoms with E-state index < -0.39 is 5.91 Å². The van der Waals surface area contributed by atoms with Crippen molar-refractivity contribution in [2.24, 2.45) is 23.3 Å². The highest BCUT2D eigenvalue weighted by Gasteiger charge is 2.30. The number of nitrogens with zero attached hydrogens (tertiary/aromatic N) is 5. The molecule has 0 bridgehead atoms. The Morgan fingerprint density at radius 2 is 0.809 bits per heavy atom. The minimum absolute atomic E-state index is 0.0238. The molecule has 0 aliphatic rings. The molecule has 0 aliphatic carbocycles. The molecule has 0 aromatic heterocycles. The molecule has 0 rings (SSSR count).